The highest BCUT2D eigenvalue weighted by Crippen LogP contribution is 2.28. The van der Waals surface area contributed by atoms with Gasteiger partial charge in [-0.1, -0.05) is 23.2 Å². The van der Waals surface area contributed by atoms with Gasteiger partial charge in [-0.2, -0.15) is 4.31 Å². The van der Waals surface area contributed by atoms with Crippen molar-refractivity contribution < 1.29 is 22.7 Å². The summed E-state index contributed by atoms with van der Waals surface area (Å²) in [6.45, 7) is 2.49. The van der Waals surface area contributed by atoms with Crippen molar-refractivity contribution in [3.05, 3.63) is 58.1 Å². The number of rotatable bonds is 6. The van der Waals surface area contributed by atoms with E-state index >= 15 is 0 Å². The number of carbonyl (C=O) groups excluding carboxylic acids is 2. The van der Waals surface area contributed by atoms with E-state index < -0.39 is 27.9 Å². The van der Waals surface area contributed by atoms with Crippen molar-refractivity contribution in [2.45, 2.75) is 30.8 Å². The van der Waals surface area contributed by atoms with E-state index in [-0.39, 0.29) is 21.2 Å². The summed E-state index contributed by atoms with van der Waals surface area (Å²) in [5, 5.41) is 0.682. The van der Waals surface area contributed by atoms with Gasteiger partial charge in [0.2, 0.25) is 10.0 Å². The maximum atomic E-state index is 12.5. The van der Waals surface area contributed by atoms with Crippen molar-refractivity contribution in [3.63, 3.8) is 0 Å². The number of ether oxygens (including phenoxy) is 1. The number of benzene rings is 2. The molecule has 2 aromatic rings. The largest absolute Gasteiger partial charge is 0.479 e. The second-order valence-electron chi connectivity index (χ2n) is 6.91. The fourth-order valence-electron chi connectivity index (χ4n) is 2.96. The Bertz CT molecular complexity index is 1070. The number of hydrogen-bond acceptors (Lipinski definition) is 5. The molecule has 3 rings (SSSR count). The SMILES string of the molecule is CC(Oc1ccc(Cl)cc1Cl)C(=O)NNC(=O)c1ccc(S(=O)(=O)N2CCCC2)cc1. The lowest BCUT2D eigenvalue weighted by Gasteiger charge is -2.17. The fraction of sp³-hybridized carbons (Fsp3) is 0.300. The molecule has 1 atom stereocenters. The number of halogens is 2. The van der Waals surface area contributed by atoms with Gasteiger partial charge in [0.15, 0.2) is 6.10 Å². The maximum absolute atomic E-state index is 12.5. The maximum Gasteiger partial charge on any atom is 0.279 e. The van der Waals surface area contributed by atoms with Crippen LogP contribution in [0.3, 0.4) is 0 Å². The van der Waals surface area contributed by atoms with E-state index in [0.29, 0.717) is 18.1 Å². The van der Waals surface area contributed by atoms with Gasteiger partial charge in [-0.25, -0.2) is 8.42 Å². The van der Waals surface area contributed by atoms with E-state index in [9.17, 15) is 18.0 Å². The standard InChI is InChI=1S/C20H21Cl2N3O5S/c1-13(30-18-9-6-15(21)12-17(18)22)19(26)23-24-20(27)14-4-7-16(8-5-14)31(28,29)25-10-2-3-11-25/h4-9,12-13H,2-3,10-11H2,1H3,(H,23,26)(H,24,27). The van der Waals surface area contributed by atoms with Gasteiger partial charge in [-0.05, 0) is 62.2 Å². The number of carbonyl (C=O) groups is 2. The van der Waals surface area contributed by atoms with Crippen molar-refractivity contribution >= 4 is 45.0 Å². The molecule has 11 heteroatoms. The number of nitrogens with zero attached hydrogens (tertiary/aromatic N) is 1. The zero-order chi connectivity index (χ0) is 22.6. The smallest absolute Gasteiger partial charge is 0.279 e. The van der Waals surface area contributed by atoms with Crippen LogP contribution >= 0.6 is 23.2 Å². The van der Waals surface area contributed by atoms with Crippen molar-refractivity contribution in [1.82, 2.24) is 15.2 Å². The van der Waals surface area contributed by atoms with E-state index in [1.54, 1.807) is 6.07 Å². The summed E-state index contributed by atoms with van der Waals surface area (Å²) >= 11 is 11.8. The lowest BCUT2D eigenvalue weighted by molar-refractivity contribution is -0.128. The minimum absolute atomic E-state index is 0.122. The van der Waals surface area contributed by atoms with Gasteiger partial charge >= 0.3 is 0 Å². The van der Waals surface area contributed by atoms with E-state index in [2.05, 4.69) is 10.9 Å². The van der Waals surface area contributed by atoms with Crippen molar-refractivity contribution in [1.29, 1.82) is 0 Å². The summed E-state index contributed by atoms with van der Waals surface area (Å²) in [6, 6.07) is 10.1. The molecule has 2 aromatic carbocycles. The van der Waals surface area contributed by atoms with Crippen LogP contribution in [0.25, 0.3) is 0 Å². The van der Waals surface area contributed by atoms with Gasteiger partial charge in [0.05, 0.1) is 9.92 Å². The summed E-state index contributed by atoms with van der Waals surface area (Å²) in [7, 11) is -3.56. The Morgan fingerprint density at radius 3 is 2.29 bits per heavy atom. The molecule has 0 radical (unpaired) electrons. The highest BCUT2D eigenvalue weighted by atomic mass is 35.5. The third-order valence-corrected chi connectivity index (χ3v) is 7.13. The molecular weight excluding hydrogens is 465 g/mol. The minimum Gasteiger partial charge on any atom is -0.479 e. The van der Waals surface area contributed by atoms with Crippen molar-refractivity contribution in [2.75, 3.05) is 13.1 Å². The second-order valence-corrected chi connectivity index (χ2v) is 9.70. The molecule has 0 spiro atoms. The first-order chi connectivity index (χ1) is 14.7. The Kier molecular flexibility index (Phi) is 7.42. The molecule has 0 aromatic heterocycles. The first-order valence-corrected chi connectivity index (χ1v) is 11.7. The highest BCUT2D eigenvalue weighted by molar-refractivity contribution is 7.89. The van der Waals surface area contributed by atoms with Crippen LogP contribution < -0.4 is 15.6 Å². The average Bonchev–Trinajstić information content (AvgIpc) is 3.29. The molecule has 8 nitrogen and oxygen atoms in total. The van der Waals surface area contributed by atoms with Crippen LogP contribution in [0.5, 0.6) is 5.75 Å². The molecule has 31 heavy (non-hydrogen) atoms. The summed E-state index contributed by atoms with van der Waals surface area (Å²) in [5.41, 5.74) is 4.72. The van der Waals surface area contributed by atoms with Gasteiger partial charge in [0, 0.05) is 23.7 Å². The number of amides is 2. The molecule has 1 unspecified atom stereocenters. The predicted molar refractivity (Wildman–Crippen MR) is 117 cm³/mol. The molecule has 0 saturated carbocycles. The quantitative estimate of drug-likeness (QED) is 0.611. The zero-order valence-electron chi connectivity index (χ0n) is 16.6. The first-order valence-electron chi connectivity index (χ1n) is 9.50. The van der Waals surface area contributed by atoms with Crippen LogP contribution in [0, 0.1) is 0 Å². The van der Waals surface area contributed by atoms with Gasteiger partial charge in [0.25, 0.3) is 11.8 Å². The van der Waals surface area contributed by atoms with Gasteiger partial charge in [-0.3, -0.25) is 20.4 Å². The van der Waals surface area contributed by atoms with Crippen LogP contribution in [0.2, 0.25) is 10.0 Å². The lowest BCUT2D eigenvalue weighted by Crippen LogP contribution is -2.47. The number of sulfonamides is 1. The molecule has 166 valence electrons. The summed E-state index contributed by atoms with van der Waals surface area (Å²) in [5.74, 6) is -0.933. The zero-order valence-corrected chi connectivity index (χ0v) is 18.9. The molecular formula is C20H21Cl2N3O5S. The topological polar surface area (TPSA) is 105 Å². The molecule has 1 fully saturated rings. The third-order valence-electron chi connectivity index (χ3n) is 4.69. The molecule has 1 aliphatic heterocycles. The van der Waals surface area contributed by atoms with Crippen LogP contribution in [-0.4, -0.2) is 43.7 Å². The van der Waals surface area contributed by atoms with E-state index in [1.807, 2.05) is 0 Å². The van der Waals surface area contributed by atoms with Crippen LogP contribution in [0.15, 0.2) is 47.4 Å². The van der Waals surface area contributed by atoms with Crippen molar-refractivity contribution in [3.8, 4) is 5.75 Å². The average molecular weight is 486 g/mol. The summed E-state index contributed by atoms with van der Waals surface area (Å²) < 4.78 is 32.0. The van der Waals surface area contributed by atoms with Crippen LogP contribution in [0.4, 0.5) is 0 Å². The van der Waals surface area contributed by atoms with E-state index in [0.717, 1.165) is 12.8 Å². The Morgan fingerprint density at radius 1 is 1.03 bits per heavy atom. The molecule has 0 bridgehead atoms. The predicted octanol–water partition coefficient (Wildman–Crippen LogP) is 3.01. The summed E-state index contributed by atoms with van der Waals surface area (Å²) in [6.07, 6.45) is 0.726. The lowest BCUT2D eigenvalue weighted by atomic mass is 10.2. The van der Waals surface area contributed by atoms with E-state index in [4.69, 9.17) is 27.9 Å². The van der Waals surface area contributed by atoms with Crippen molar-refractivity contribution in [2.24, 2.45) is 0 Å². The molecule has 0 aliphatic carbocycles. The molecule has 1 aliphatic rings. The van der Waals surface area contributed by atoms with Gasteiger partial charge < -0.3 is 4.74 Å². The number of nitrogens with one attached hydrogen (secondary N) is 2. The molecule has 1 saturated heterocycles. The van der Waals surface area contributed by atoms with E-state index in [1.165, 1.54) is 47.6 Å². The normalized spacial score (nSPS) is 15.3. The fourth-order valence-corrected chi connectivity index (χ4v) is 4.93. The highest BCUT2D eigenvalue weighted by Gasteiger charge is 2.27. The Labute approximate surface area is 190 Å². The van der Waals surface area contributed by atoms with Crippen LogP contribution in [0.1, 0.15) is 30.1 Å². The molecule has 2 N–H and O–H groups in total. The number of hydrogen-bond donors (Lipinski definition) is 2. The first kappa shape index (κ1) is 23.3. The Hall–Kier alpha value is -2.33. The Balaban J connectivity index is 1.55. The van der Waals surface area contributed by atoms with Gasteiger partial charge in [-0.15, -0.1) is 0 Å². The Morgan fingerprint density at radius 2 is 1.68 bits per heavy atom. The third kappa shape index (κ3) is 5.68. The monoisotopic (exact) mass is 485 g/mol. The second kappa shape index (κ2) is 9.86. The minimum atomic E-state index is -3.56. The van der Waals surface area contributed by atoms with Gasteiger partial charge in [0.1, 0.15) is 5.75 Å². The number of hydrazine groups is 1. The van der Waals surface area contributed by atoms with Crippen LogP contribution in [-0.2, 0) is 14.8 Å². The summed E-state index contributed by atoms with van der Waals surface area (Å²) in [4.78, 5) is 24.6. The molecule has 1 heterocycles. The molecule has 2 amide bonds.